The minimum absolute atomic E-state index is 0.0329. The van der Waals surface area contributed by atoms with Crippen LogP contribution in [0.15, 0.2) is 16.3 Å². The zero-order valence-corrected chi connectivity index (χ0v) is 10.6. The van der Waals surface area contributed by atoms with Gasteiger partial charge in [-0.25, -0.2) is 17.9 Å². The number of carbonyl (C=O) groups is 1. The molecule has 16 heavy (non-hydrogen) atoms. The lowest BCUT2D eigenvalue weighted by Gasteiger charge is -2.01. The Bertz CT molecular complexity index is 475. The fourth-order valence-corrected chi connectivity index (χ4v) is 3.59. The summed E-state index contributed by atoms with van der Waals surface area (Å²) in [5, 5.41) is 8.38. The van der Waals surface area contributed by atoms with Crippen LogP contribution in [0.25, 0.3) is 0 Å². The summed E-state index contributed by atoms with van der Waals surface area (Å²) in [4.78, 5) is 11.2. The molecule has 0 radical (unpaired) electrons. The number of carboxylic acid groups (broad SMARTS) is 1. The highest BCUT2D eigenvalue weighted by Gasteiger charge is 2.19. The van der Waals surface area contributed by atoms with E-state index in [1.807, 2.05) is 13.8 Å². The van der Waals surface area contributed by atoms with Crippen LogP contribution in [-0.4, -0.2) is 19.6 Å². The number of sulfonamides is 1. The van der Waals surface area contributed by atoms with E-state index < -0.39 is 16.1 Å². The first kappa shape index (κ1) is 13.0. The Balaban J connectivity index is 2.89. The van der Waals surface area contributed by atoms with E-state index in [0.717, 1.165) is 22.6 Å². The standard InChI is InChI=1S/C9H13NO4S2/c1-6(2)5-7-3-4-8(15-7)16(13,14)10-9(11)12/h3-4,6,10H,5H2,1-2H3,(H,11,12). The van der Waals surface area contributed by atoms with Crippen LogP contribution in [0.5, 0.6) is 0 Å². The Labute approximate surface area is 98.2 Å². The maximum Gasteiger partial charge on any atom is 0.418 e. The molecule has 2 N–H and O–H groups in total. The van der Waals surface area contributed by atoms with Gasteiger partial charge in [0.05, 0.1) is 0 Å². The number of thiophene rings is 1. The molecule has 0 aliphatic carbocycles. The van der Waals surface area contributed by atoms with Gasteiger partial charge in [-0.2, -0.15) is 0 Å². The van der Waals surface area contributed by atoms with Gasteiger partial charge in [-0.1, -0.05) is 13.8 Å². The van der Waals surface area contributed by atoms with Crippen LogP contribution in [0, 0.1) is 5.92 Å². The predicted molar refractivity (Wildman–Crippen MR) is 61.2 cm³/mol. The maximum atomic E-state index is 11.5. The van der Waals surface area contributed by atoms with Crippen molar-refractivity contribution >= 4 is 27.5 Å². The molecule has 0 unspecified atom stereocenters. The molecule has 0 saturated carbocycles. The average molecular weight is 263 g/mol. The van der Waals surface area contributed by atoms with Gasteiger partial charge in [0.1, 0.15) is 4.21 Å². The largest absolute Gasteiger partial charge is 0.464 e. The van der Waals surface area contributed by atoms with Gasteiger partial charge in [-0.05, 0) is 24.5 Å². The molecule has 1 aromatic rings. The molecule has 0 aliphatic rings. The zero-order valence-electron chi connectivity index (χ0n) is 8.93. The van der Waals surface area contributed by atoms with Gasteiger partial charge >= 0.3 is 6.09 Å². The smallest absolute Gasteiger partial charge is 0.418 e. The highest BCUT2D eigenvalue weighted by Crippen LogP contribution is 2.23. The minimum atomic E-state index is -3.91. The molecular weight excluding hydrogens is 250 g/mol. The predicted octanol–water partition coefficient (Wildman–Crippen LogP) is 1.90. The Morgan fingerprint density at radius 2 is 2.12 bits per heavy atom. The van der Waals surface area contributed by atoms with E-state index in [1.54, 1.807) is 6.07 Å². The van der Waals surface area contributed by atoms with Crippen molar-refractivity contribution in [1.82, 2.24) is 4.72 Å². The van der Waals surface area contributed by atoms with E-state index in [2.05, 4.69) is 0 Å². The normalized spacial score (nSPS) is 11.7. The van der Waals surface area contributed by atoms with Gasteiger partial charge in [0.25, 0.3) is 10.0 Å². The second-order valence-corrected chi connectivity index (χ2v) is 6.81. The van der Waals surface area contributed by atoms with E-state index in [9.17, 15) is 13.2 Å². The number of amides is 1. The summed E-state index contributed by atoms with van der Waals surface area (Å²) in [5.74, 6) is 0.432. The monoisotopic (exact) mass is 263 g/mol. The third-order valence-corrected chi connectivity index (χ3v) is 4.65. The van der Waals surface area contributed by atoms with Crippen molar-refractivity contribution in [2.45, 2.75) is 24.5 Å². The van der Waals surface area contributed by atoms with E-state index >= 15 is 0 Å². The van der Waals surface area contributed by atoms with E-state index in [-0.39, 0.29) is 4.21 Å². The number of rotatable bonds is 4. The van der Waals surface area contributed by atoms with Gasteiger partial charge in [0.15, 0.2) is 0 Å². The molecule has 1 aromatic heterocycles. The Kier molecular flexibility index (Phi) is 3.93. The van der Waals surface area contributed by atoms with Crippen LogP contribution in [-0.2, 0) is 16.4 Å². The molecule has 0 spiro atoms. The highest BCUT2D eigenvalue weighted by atomic mass is 32.2. The fourth-order valence-electron chi connectivity index (χ4n) is 1.18. The first-order chi connectivity index (χ1) is 7.31. The molecule has 0 aliphatic heterocycles. The van der Waals surface area contributed by atoms with Gasteiger partial charge < -0.3 is 5.11 Å². The molecule has 1 amide bonds. The van der Waals surface area contributed by atoms with Crippen molar-refractivity contribution in [2.75, 3.05) is 0 Å². The van der Waals surface area contributed by atoms with Crippen LogP contribution in [0.4, 0.5) is 4.79 Å². The Morgan fingerprint density at radius 1 is 1.50 bits per heavy atom. The lowest BCUT2D eigenvalue weighted by atomic mass is 10.1. The molecule has 0 fully saturated rings. The second-order valence-electron chi connectivity index (χ2n) is 3.73. The Hall–Kier alpha value is -1.08. The van der Waals surface area contributed by atoms with Crippen LogP contribution in [0.2, 0.25) is 0 Å². The number of nitrogens with one attached hydrogen (secondary N) is 1. The third-order valence-electron chi connectivity index (χ3n) is 1.73. The first-order valence-corrected chi connectivity index (χ1v) is 6.95. The SMILES string of the molecule is CC(C)Cc1ccc(S(=O)(=O)NC(=O)O)s1. The second kappa shape index (κ2) is 4.84. The minimum Gasteiger partial charge on any atom is -0.464 e. The van der Waals surface area contributed by atoms with Gasteiger partial charge in [-0.3, -0.25) is 0 Å². The van der Waals surface area contributed by atoms with E-state index in [4.69, 9.17) is 5.11 Å². The highest BCUT2D eigenvalue weighted by molar-refractivity contribution is 7.92. The van der Waals surface area contributed by atoms with Crippen molar-refractivity contribution < 1.29 is 18.3 Å². The average Bonchev–Trinajstić information content (AvgIpc) is 2.49. The molecule has 0 saturated heterocycles. The molecule has 0 atom stereocenters. The summed E-state index contributed by atoms with van der Waals surface area (Å²) in [6, 6.07) is 3.13. The van der Waals surface area contributed by atoms with Crippen LogP contribution >= 0.6 is 11.3 Å². The third kappa shape index (κ3) is 3.49. The van der Waals surface area contributed by atoms with Crippen molar-refractivity contribution in [3.63, 3.8) is 0 Å². The first-order valence-electron chi connectivity index (χ1n) is 4.65. The lowest BCUT2D eigenvalue weighted by Crippen LogP contribution is -2.28. The van der Waals surface area contributed by atoms with Crippen molar-refractivity contribution in [1.29, 1.82) is 0 Å². The molecule has 7 heteroatoms. The summed E-state index contributed by atoms with van der Waals surface area (Å²) in [6.07, 6.45) is -0.786. The van der Waals surface area contributed by atoms with Crippen LogP contribution in [0.1, 0.15) is 18.7 Å². The fraction of sp³-hybridized carbons (Fsp3) is 0.444. The molecule has 5 nitrogen and oxygen atoms in total. The van der Waals surface area contributed by atoms with Crippen LogP contribution < -0.4 is 4.72 Å². The van der Waals surface area contributed by atoms with E-state index in [0.29, 0.717) is 5.92 Å². The molecule has 1 heterocycles. The van der Waals surface area contributed by atoms with Crippen molar-refractivity contribution in [2.24, 2.45) is 5.92 Å². The van der Waals surface area contributed by atoms with Gasteiger partial charge in [-0.15, -0.1) is 11.3 Å². The zero-order chi connectivity index (χ0) is 12.3. The summed E-state index contributed by atoms with van der Waals surface area (Å²) < 4.78 is 24.5. The molecular formula is C9H13NO4S2. The Morgan fingerprint density at radius 3 is 2.62 bits per heavy atom. The van der Waals surface area contributed by atoms with Crippen molar-refractivity contribution in [3.05, 3.63) is 17.0 Å². The number of hydrogen-bond acceptors (Lipinski definition) is 4. The molecule has 0 bridgehead atoms. The summed E-state index contributed by atoms with van der Waals surface area (Å²) in [7, 11) is -3.91. The quantitative estimate of drug-likeness (QED) is 0.869. The van der Waals surface area contributed by atoms with E-state index in [1.165, 1.54) is 10.8 Å². The van der Waals surface area contributed by atoms with Gasteiger partial charge in [0, 0.05) is 4.88 Å². The topological polar surface area (TPSA) is 83.5 Å². The lowest BCUT2D eigenvalue weighted by molar-refractivity contribution is 0.201. The molecule has 90 valence electrons. The van der Waals surface area contributed by atoms with Crippen molar-refractivity contribution in [3.8, 4) is 0 Å². The number of hydrogen-bond donors (Lipinski definition) is 2. The maximum absolute atomic E-state index is 11.5. The summed E-state index contributed by atoms with van der Waals surface area (Å²) in [6.45, 7) is 4.06. The molecule has 0 aromatic carbocycles. The van der Waals surface area contributed by atoms with Crippen LogP contribution in [0.3, 0.4) is 0 Å². The van der Waals surface area contributed by atoms with Gasteiger partial charge in [0.2, 0.25) is 0 Å². The molecule has 1 rings (SSSR count). The summed E-state index contributed by atoms with van der Waals surface area (Å²) in [5.41, 5.74) is 0. The summed E-state index contributed by atoms with van der Waals surface area (Å²) >= 11 is 1.10.